The lowest BCUT2D eigenvalue weighted by molar-refractivity contribution is 0.0950. The molecule has 0 spiro atoms. The minimum atomic E-state index is -0.249. The summed E-state index contributed by atoms with van der Waals surface area (Å²) in [5, 5.41) is 3.63. The normalized spacial score (nSPS) is 15.5. The number of hydrogen-bond acceptors (Lipinski definition) is 4. The van der Waals surface area contributed by atoms with Crippen molar-refractivity contribution >= 4 is 23.3 Å². The molecule has 108 valence electrons. The number of nitrogens with zero attached hydrogens (tertiary/aromatic N) is 2. The summed E-state index contributed by atoms with van der Waals surface area (Å²) in [6, 6.07) is 7.79. The summed E-state index contributed by atoms with van der Waals surface area (Å²) in [5.74, 6) is -0.0588. The number of amides is 1. The molecular weight excluding hydrogens is 288 g/mol. The van der Waals surface area contributed by atoms with Crippen molar-refractivity contribution in [2.45, 2.75) is 18.3 Å². The predicted molar refractivity (Wildman–Crippen MR) is 81.1 cm³/mol. The summed E-state index contributed by atoms with van der Waals surface area (Å²) in [5.41, 5.74) is 7.13. The van der Waals surface area contributed by atoms with Gasteiger partial charge in [0.1, 0.15) is 12.1 Å². The van der Waals surface area contributed by atoms with Crippen LogP contribution in [-0.4, -0.2) is 22.4 Å². The van der Waals surface area contributed by atoms with Crippen molar-refractivity contribution in [1.29, 1.82) is 0 Å². The van der Waals surface area contributed by atoms with Gasteiger partial charge in [-0.3, -0.25) is 4.79 Å². The van der Waals surface area contributed by atoms with Gasteiger partial charge in [0.2, 0.25) is 0 Å². The molecule has 3 N–H and O–H groups in total. The van der Waals surface area contributed by atoms with Crippen LogP contribution in [0.2, 0.25) is 5.02 Å². The van der Waals surface area contributed by atoms with Crippen LogP contribution in [0.3, 0.4) is 0 Å². The number of halogens is 1. The van der Waals surface area contributed by atoms with Gasteiger partial charge >= 0.3 is 0 Å². The van der Waals surface area contributed by atoms with Crippen molar-refractivity contribution < 1.29 is 4.79 Å². The van der Waals surface area contributed by atoms with Crippen molar-refractivity contribution in [2.24, 2.45) is 0 Å². The van der Waals surface area contributed by atoms with Crippen molar-refractivity contribution in [3.63, 3.8) is 0 Å². The van der Waals surface area contributed by atoms with Gasteiger partial charge in [0, 0.05) is 23.2 Å². The van der Waals surface area contributed by atoms with Gasteiger partial charge in [-0.1, -0.05) is 23.7 Å². The van der Waals surface area contributed by atoms with E-state index in [2.05, 4.69) is 15.3 Å². The number of nitrogen functional groups attached to an aromatic ring is 1. The third-order valence-corrected chi connectivity index (χ3v) is 4.10. The summed E-state index contributed by atoms with van der Waals surface area (Å²) in [4.78, 5) is 19.8. The number of carbonyl (C=O) groups excluding carboxylic acids is 1. The fraction of sp³-hybridized carbons (Fsp3) is 0.267. The Hall–Kier alpha value is -2.14. The molecule has 3 rings (SSSR count). The zero-order chi connectivity index (χ0) is 14.9. The van der Waals surface area contributed by atoms with Crippen molar-refractivity contribution in [1.82, 2.24) is 15.3 Å². The van der Waals surface area contributed by atoms with Gasteiger partial charge in [-0.2, -0.15) is 0 Å². The molecule has 5 nitrogen and oxygen atoms in total. The Kier molecular flexibility index (Phi) is 3.51. The summed E-state index contributed by atoms with van der Waals surface area (Å²) in [6.45, 7) is 0.556. The monoisotopic (exact) mass is 302 g/mol. The molecule has 1 aliphatic rings. The maximum absolute atomic E-state index is 12.1. The highest BCUT2D eigenvalue weighted by molar-refractivity contribution is 6.30. The first-order chi connectivity index (χ1) is 10.1. The Labute approximate surface area is 127 Å². The van der Waals surface area contributed by atoms with Crippen molar-refractivity contribution in [2.75, 3.05) is 12.3 Å². The fourth-order valence-corrected chi connectivity index (χ4v) is 2.59. The van der Waals surface area contributed by atoms with Gasteiger partial charge in [-0.25, -0.2) is 9.97 Å². The lowest BCUT2D eigenvalue weighted by Crippen LogP contribution is -2.32. The summed E-state index contributed by atoms with van der Waals surface area (Å²) < 4.78 is 0. The lowest BCUT2D eigenvalue weighted by Gasteiger charge is -2.17. The first-order valence-electron chi connectivity index (χ1n) is 6.70. The molecule has 0 radical (unpaired) electrons. The highest BCUT2D eigenvalue weighted by atomic mass is 35.5. The van der Waals surface area contributed by atoms with Gasteiger partial charge < -0.3 is 11.1 Å². The molecule has 0 atom stereocenters. The van der Waals surface area contributed by atoms with Crippen LogP contribution in [0.15, 0.2) is 36.8 Å². The molecule has 1 amide bonds. The molecule has 1 aliphatic carbocycles. The van der Waals surface area contributed by atoms with E-state index in [0.29, 0.717) is 17.1 Å². The Bertz CT molecular complexity index is 685. The average molecular weight is 303 g/mol. The number of nitrogens with one attached hydrogen (secondary N) is 1. The second kappa shape index (κ2) is 5.33. The zero-order valence-corrected chi connectivity index (χ0v) is 12.1. The molecule has 6 heteroatoms. The summed E-state index contributed by atoms with van der Waals surface area (Å²) in [6.07, 6.45) is 4.82. The van der Waals surface area contributed by atoms with E-state index in [4.69, 9.17) is 17.3 Å². The molecule has 21 heavy (non-hydrogen) atoms. The van der Waals surface area contributed by atoms with Gasteiger partial charge in [0.25, 0.3) is 5.91 Å². The van der Waals surface area contributed by atoms with Crippen LogP contribution in [0.4, 0.5) is 5.82 Å². The third-order valence-electron chi connectivity index (χ3n) is 3.87. The first kappa shape index (κ1) is 13.8. The van der Waals surface area contributed by atoms with Crippen LogP contribution >= 0.6 is 11.6 Å². The largest absolute Gasteiger partial charge is 0.383 e. The van der Waals surface area contributed by atoms with Crippen LogP contribution < -0.4 is 11.1 Å². The molecule has 0 aliphatic heterocycles. The molecule has 1 saturated carbocycles. The van der Waals surface area contributed by atoms with Crippen molar-refractivity contribution in [3.05, 3.63) is 52.9 Å². The minimum Gasteiger partial charge on any atom is -0.383 e. The van der Waals surface area contributed by atoms with E-state index in [1.54, 1.807) is 0 Å². The number of hydrogen-bond donors (Lipinski definition) is 2. The maximum Gasteiger partial charge on any atom is 0.256 e. The lowest BCUT2D eigenvalue weighted by atomic mass is 9.96. The second-order valence-corrected chi connectivity index (χ2v) is 5.73. The first-order valence-corrected chi connectivity index (χ1v) is 7.08. The average Bonchev–Trinajstić information content (AvgIpc) is 3.26. The molecule has 0 bridgehead atoms. The summed E-state index contributed by atoms with van der Waals surface area (Å²) >= 11 is 6.04. The Morgan fingerprint density at radius 3 is 2.90 bits per heavy atom. The van der Waals surface area contributed by atoms with E-state index in [9.17, 15) is 4.79 Å². The smallest absolute Gasteiger partial charge is 0.256 e. The van der Waals surface area contributed by atoms with Crippen LogP contribution in [0.25, 0.3) is 0 Å². The molecule has 0 saturated heterocycles. The SMILES string of the molecule is Nc1ncncc1C(=O)NCC1(c2cccc(Cl)c2)CC1. The molecule has 0 unspecified atom stereocenters. The van der Waals surface area contributed by atoms with E-state index < -0.39 is 0 Å². The number of carbonyl (C=O) groups is 1. The predicted octanol–water partition coefficient (Wildman–Crippen LogP) is 2.17. The topological polar surface area (TPSA) is 80.9 Å². The minimum absolute atomic E-state index is 0.00897. The molecule has 1 aromatic heterocycles. The maximum atomic E-state index is 12.1. The van der Waals surface area contributed by atoms with Crippen LogP contribution in [0.5, 0.6) is 0 Å². The van der Waals surface area contributed by atoms with Gasteiger partial charge in [-0.05, 0) is 30.5 Å². The highest BCUT2D eigenvalue weighted by Gasteiger charge is 2.44. The van der Waals surface area contributed by atoms with E-state index in [1.807, 2.05) is 24.3 Å². The van der Waals surface area contributed by atoms with Gasteiger partial charge in [-0.15, -0.1) is 0 Å². The fourth-order valence-electron chi connectivity index (χ4n) is 2.40. The van der Waals surface area contributed by atoms with Crippen molar-refractivity contribution in [3.8, 4) is 0 Å². The second-order valence-electron chi connectivity index (χ2n) is 5.30. The van der Waals surface area contributed by atoms with E-state index in [1.165, 1.54) is 12.5 Å². The quantitative estimate of drug-likeness (QED) is 0.907. The number of anilines is 1. The van der Waals surface area contributed by atoms with Crippen LogP contribution in [0.1, 0.15) is 28.8 Å². The van der Waals surface area contributed by atoms with E-state index >= 15 is 0 Å². The molecule has 1 heterocycles. The number of rotatable bonds is 4. The number of benzene rings is 1. The summed E-state index contributed by atoms with van der Waals surface area (Å²) in [7, 11) is 0. The third kappa shape index (κ3) is 2.83. The number of aromatic nitrogens is 2. The van der Waals surface area contributed by atoms with Crippen LogP contribution in [-0.2, 0) is 5.41 Å². The highest BCUT2D eigenvalue weighted by Crippen LogP contribution is 2.48. The van der Waals surface area contributed by atoms with Gasteiger partial charge in [0.05, 0.1) is 5.56 Å². The Morgan fingerprint density at radius 2 is 2.24 bits per heavy atom. The van der Waals surface area contributed by atoms with Gasteiger partial charge in [0.15, 0.2) is 0 Å². The molecule has 1 aromatic carbocycles. The Morgan fingerprint density at radius 1 is 1.43 bits per heavy atom. The van der Waals surface area contributed by atoms with E-state index in [0.717, 1.165) is 18.4 Å². The molecule has 2 aromatic rings. The van der Waals surface area contributed by atoms with Crippen LogP contribution in [0, 0.1) is 0 Å². The number of nitrogens with two attached hydrogens (primary N) is 1. The standard InChI is InChI=1S/C15H15ClN4O/c16-11-3-1-2-10(6-11)15(4-5-15)8-19-14(21)12-7-18-9-20-13(12)17/h1-3,6-7,9H,4-5,8H2,(H,19,21)(H2,17,18,20). The molecule has 1 fully saturated rings. The Balaban J connectivity index is 1.71. The van der Waals surface area contributed by atoms with E-state index in [-0.39, 0.29) is 17.1 Å². The zero-order valence-electron chi connectivity index (χ0n) is 11.3. The molecular formula is C15H15ClN4O.